The molecule has 2 atom stereocenters. The highest BCUT2D eigenvalue weighted by atomic mass is 35.5. The summed E-state index contributed by atoms with van der Waals surface area (Å²) in [5, 5.41) is 8.74. The highest BCUT2D eigenvalue weighted by Crippen LogP contribution is 2.22. The van der Waals surface area contributed by atoms with Crippen LogP contribution in [0.5, 0.6) is 0 Å². The normalized spacial score (nSPS) is 14.4. The van der Waals surface area contributed by atoms with E-state index in [1.807, 2.05) is 30.8 Å². The van der Waals surface area contributed by atoms with Crippen molar-refractivity contribution in [3.8, 4) is 0 Å². The van der Waals surface area contributed by atoms with E-state index >= 15 is 0 Å². The first-order valence-electron chi connectivity index (χ1n) is 6.49. The van der Waals surface area contributed by atoms with Gasteiger partial charge in [-0.15, -0.1) is 0 Å². The Labute approximate surface area is 119 Å². The van der Waals surface area contributed by atoms with E-state index < -0.39 is 0 Å². The second kappa shape index (κ2) is 5.76. The van der Waals surface area contributed by atoms with Gasteiger partial charge in [-0.05, 0) is 38.5 Å². The summed E-state index contributed by atoms with van der Waals surface area (Å²) in [4.78, 5) is 0. The topological polar surface area (TPSA) is 29.9 Å². The molecule has 0 aliphatic rings. The smallest absolute Gasteiger partial charge is 0.0641 e. The molecule has 2 rings (SSSR count). The Morgan fingerprint density at radius 2 is 1.79 bits per heavy atom. The fourth-order valence-corrected chi connectivity index (χ4v) is 2.48. The molecular formula is C15H20ClN3. The SMILES string of the molecule is Cc1nn(C)cc1C(C)NC(C)c1ccc(Cl)cc1. The molecule has 0 radical (unpaired) electrons. The number of hydrogen-bond acceptors (Lipinski definition) is 2. The summed E-state index contributed by atoms with van der Waals surface area (Å²) in [6.45, 7) is 6.36. The van der Waals surface area contributed by atoms with Crippen LogP contribution in [-0.4, -0.2) is 9.78 Å². The van der Waals surface area contributed by atoms with Crippen molar-refractivity contribution in [3.05, 3.63) is 52.3 Å². The zero-order chi connectivity index (χ0) is 14.0. The van der Waals surface area contributed by atoms with Gasteiger partial charge >= 0.3 is 0 Å². The Bertz CT molecular complexity index is 545. The van der Waals surface area contributed by atoms with Gasteiger partial charge in [0.05, 0.1) is 5.69 Å². The fraction of sp³-hybridized carbons (Fsp3) is 0.400. The van der Waals surface area contributed by atoms with E-state index in [1.54, 1.807) is 0 Å². The predicted octanol–water partition coefficient (Wildman–Crippen LogP) is 3.79. The summed E-state index contributed by atoms with van der Waals surface area (Å²) in [7, 11) is 1.95. The predicted molar refractivity (Wildman–Crippen MR) is 79.4 cm³/mol. The third kappa shape index (κ3) is 3.37. The van der Waals surface area contributed by atoms with Crippen molar-refractivity contribution in [3.63, 3.8) is 0 Å². The number of benzene rings is 1. The second-order valence-corrected chi connectivity index (χ2v) is 5.44. The zero-order valence-corrected chi connectivity index (χ0v) is 12.6. The van der Waals surface area contributed by atoms with Crippen LogP contribution < -0.4 is 5.32 Å². The van der Waals surface area contributed by atoms with Gasteiger partial charge in [-0.3, -0.25) is 4.68 Å². The molecule has 0 amide bonds. The van der Waals surface area contributed by atoms with Gasteiger partial charge in [-0.1, -0.05) is 23.7 Å². The number of halogens is 1. The van der Waals surface area contributed by atoms with E-state index in [4.69, 9.17) is 11.6 Å². The molecule has 0 saturated carbocycles. The molecule has 0 spiro atoms. The summed E-state index contributed by atoms with van der Waals surface area (Å²) >= 11 is 5.91. The van der Waals surface area contributed by atoms with Gasteiger partial charge < -0.3 is 5.32 Å². The Kier molecular flexibility index (Phi) is 4.27. The Hall–Kier alpha value is -1.32. The number of nitrogens with zero attached hydrogens (tertiary/aromatic N) is 2. The van der Waals surface area contributed by atoms with Crippen LogP contribution in [0, 0.1) is 6.92 Å². The van der Waals surface area contributed by atoms with Gasteiger partial charge in [0.15, 0.2) is 0 Å². The second-order valence-electron chi connectivity index (χ2n) is 5.01. The summed E-state index contributed by atoms with van der Waals surface area (Å²) in [5.41, 5.74) is 3.55. The molecule has 1 aromatic heterocycles. The molecule has 1 heterocycles. The molecule has 3 nitrogen and oxygen atoms in total. The molecule has 2 unspecified atom stereocenters. The van der Waals surface area contributed by atoms with Crippen molar-refractivity contribution in [2.45, 2.75) is 32.9 Å². The lowest BCUT2D eigenvalue weighted by Crippen LogP contribution is -2.22. The molecule has 1 aromatic carbocycles. The van der Waals surface area contributed by atoms with E-state index in [-0.39, 0.29) is 12.1 Å². The molecular weight excluding hydrogens is 258 g/mol. The average molecular weight is 278 g/mol. The largest absolute Gasteiger partial charge is 0.304 e. The highest BCUT2D eigenvalue weighted by molar-refractivity contribution is 6.30. The zero-order valence-electron chi connectivity index (χ0n) is 11.8. The maximum absolute atomic E-state index is 5.91. The van der Waals surface area contributed by atoms with Gasteiger partial charge in [0.1, 0.15) is 0 Å². The lowest BCUT2D eigenvalue weighted by atomic mass is 10.1. The van der Waals surface area contributed by atoms with Crippen molar-refractivity contribution in [2.24, 2.45) is 7.05 Å². The van der Waals surface area contributed by atoms with Gasteiger partial charge in [-0.25, -0.2) is 0 Å². The molecule has 0 aliphatic heterocycles. The summed E-state index contributed by atoms with van der Waals surface area (Å²) in [5.74, 6) is 0. The lowest BCUT2D eigenvalue weighted by Gasteiger charge is -2.20. The maximum atomic E-state index is 5.91. The fourth-order valence-electron chi connectivity index (χ4n) is 2.36. The molecule has 2 aromatic rings. The molecule has 0 saturated heterocycles. The van der Waals surface area contributed by atoms with Gasteiger partial charge in [0.2, 0.25) is 0 Å². The molecule has 0 aliphatic carbocycles. The van der Waals surface area contributed by atoms with E-state index in [1.165, 1.54) is 11.1 Å². The summed E-state index contributed by atoms with van der Waals surface area (Å²) < 4.78 is 1.86. The van der Waals surface area contributed by atoms with Crippen LogP contribution in [0.1, 0.15) is 42.8 Å². The van der Waals surface area contributed by atoms with E-state index in [9.17, 15) is 0 Å². The summed E-state index contributed by atoms with van der Waals surface area (Å²) in [6.07, 6.45) is 2.07. The van der Waals surface area contributed by atoms with Crippen LogP contribution in [0.2, 0.25) is 5.02 Å². The van der Waals surface area contributed by atoms with Gasteiger partial charge in [0, 0.05) is 35.9 Å². The maximum Gasteiger partial charge on any atom is 0.0641 e. The lowest BCUT2D eigenvalue weighted by molar-refractivity contribution is 0.493. The number of rotatable bonds is 4. The number of hydrogen-bond donors (Lipinski definition) is 1. The molecule has 4 heteroatoms. The van der Waals surface area contributed by atoms with Gasteiger partial charge in [0.25, 0.3) is 0 Å². The molecule has 19 heavy (non-hydrogen) atoms. The minimum atomic E-state index is 0.263. The van der Waals surface area contributed by atoms with Crippen LogP contribution in [0.4, 0.5) is 0 Å². The third-order valence-electron chi connectivity index (χ3n) is 3.39. The average Bonchev–Trinajstić information content (AvgIpc) is 2.69. The van der Waals surface area contributed by atoms with Crippen LogP contribution in [-0.2, 0) is 7.05 Å². The first-order valence-corrected chi connectivity index (χ1v) is 6.87. The Balaban J connectivity index is 2.08. The van der Waals surface area contributed by atoms with E-state index in [0.29, 0.717) is 0 Å². The van der Waals surface area contributed by atoms with Crippen LogP contribution >= 0.6 is 11.6 Å². The first-order chi connectivity index (χ1) is 8.97. The van der Waals surface area contributed by atoms with Crippen molar-refractivity contribution >= 4 is 11.6 Å². The Morgan fingerprint density at radius 3 is 2.32 bits per heavy atom. The van der Waals surface area contributed by atoms with Crippen LogP contribution in [0.25, 0.3) is 0 Å². The van der Waals surface area contributed by atoms with Crippen molar-refractivity contribution in [1.82, 2.24) is 15.1 Å². The van der Waals surface area contributed by atoms with Crippen molar-refractivity contribution in [1.29, 1.82) is 0 Å². The molecule has 1 N–H and O–H groups in total. The third-order valence-corrected chi connectivity index (χ3v) is 3.64. The number of aryl methyl sites for hydroxylation is 2. The Morgan fingerprint density at radius 1 is 1.16 bits per heavy atom. The standard InChI is InChI=1S/C15H20ClN3/c1-10(13-5-7-14(16)8-6-13)17-11(2)15-9-19(4)18-12(15)3/h5-11,17H,1-4H3. The summed E-state index contributed by atoms with van der Waals surface area (Å²) in [6, 6.07) is 8.50. The first kappa shape index (κ1) is 14.1. The monoisotopic (exact) mass is 277 g/mol. The van der Waals surface area contributed by atoms with E-state index in [0.717, 1.165) is 10.7 Å². The molecule has 0 fully saturated rings. The van der Waals surface area contributed by atoms with E-state index in [2.05, 4.69) is 42.6 Å². The van der Waals surface area contributed by atoms with Crippen molar-refractivity contribution in [2.75, 3.05) is 0 Å². The van der Waals surface area contributed by atoms with Gasteiger partial charge in [-0.2, -0.15) is 5.10 Å². The number of aromatic nitrogens is 2. The molecule has 102 valence electrons. The number of nitrogens with one attached hydrogen (secondary N) is 1. The minimum Gasteiger partial charge on any atom is -0.304 e. The minimum absolute atomic E-state index is 0.263. The quantitative estimate of drug-likeness (QED) is 0.921. The highest BCUT2D eigenvalue weighted by Gasteiger charge is 2.14. The van der Waals surface area contributed by atoms with Crippen molar-refractivity contribution < 1.29 is 0 Å². The van der Waals surface area contributed by atoms with Crippen LogP contribution in [0.15, 0.2) is 30.5 Å². The molecule has 0 bridgehead atoms. The van der Waals surface area contributed by atoms with Crippen LogP contribution in [0.3, 0.4) is 0 Å².